The van der Waals surface area contributed by atoms with Crippen molar-refractivity contribution in [2.75, 3.05) is 13.2 Å². The molecule has 1 atom stereocenters. The quantitative estimate of drug-likeness (QED) is 0.889. The topological polar surface area (TPSA) is 52.0 Å². The van der Waals surface area contributed by atoms with Crippen LogP contribution in [0.2, 0.25) is 0 Å². The molecule has 0 spiro atoms. The van der Waals surface area contributed by atoms with E-state index in [-0.39, 0.29) is 5.54 Å². The minimum atomic E-state index is 0.00140. The third kappa shape index (κ3) is 3.78. The van der Waals surface area contributed by atoms with E-state index in [1.807, 2.05) is 10.9 Å². The Morgan fingerprint density at radius 2 is 2.22 bits per heavy atom. The fourth-order valence-electron chi connectivity index (χ4n) is 2.06. The maximum atomic E-state index is 5.45. The highest BCUT2D eigenvalue weighted by Crippen LogP contribution is 2.12. The zero-order valence-electron chi connectivity index (χ0n) is 11.6. The van der Waals surface area contributed by atoms with Crippen molar-refractivity contribution >= 4 is 0 Å². The van der Waals surface area contributed by atoms with Gasteiger partial charge in [-0.3, -0.25) is 0 Å². The van der Waals surface area contributed by atoms with E-state index < -0.39 is 0 Å². The first-order valence-corrected chi connectivity index (χ1v) is 6.78. The molecule has 1 aromatic rings. The summed E-state index contributed by atoms with van der Waals surface area (Å²) in [6.07, 6.45) is 5.45. The SMILES string of the molecule is CC(C)(C)n1cc(CN[C@H]2CCCOCC2)nn1. The minimum Gasteiger partial charge on any atom is -0.381 e. The summed E-state index contributed by atoms with van der Waals surface area (Å²) in [4.78, 5) is 0. The van der Waals surface area contributed by atoms with Gasteiger partial charge >= 0.3 is 0 Å². The van der Waals surface area contributed by atoms with Crippen molar-refractivity contribution in [2.24, 2.45) is 0 Å². The predicted molar refractivity (Wildman–Crippen MR) is 70.3 cm³/mol. The molecule has 1 saturated heterocycles. The van der Waals surface area contributed by atoms with Crippen molar-refractivity contribution < 1.29 is 4.74 Å². The molecular formula is C13H24N4O. The van der Waals surface area contributed by atoms with Crippen molar-refractivity contribution in [2.45, 2.75) is 58.2 Å². The Labute approximate surface area is 109 Å². The van der Waals surface area contributed by atoms with Crippen molar-refractivity contribution in [3.63, 3.8) is 0 Å². The lowest BCUT2D eigenvalue weighted by Gasteiger charge is -2.17. The van der Waals surface area contributed by atoms with E-state index in [0.29, 0.717) is 6.04 Å². The highest BCUT2D eigenvalue weighted by Gasteiger charge is 2.16. The second-order valence-electron chi connectivity index (χ2n) is 5.95. The monoisotopic (exact) mass is 252 g/mol. The zero-order chi connectivity index (χ0) is 13.0. The highest BCUT2D eigenvalue weighted by atomic mass is 16.5. The van der Waals surface area contributed by atoms with Crippen LogP contribution in [0.25, 0.3) is 0 Å². The van der Waals surface area contributed by atoms with E-state index in [0.717, 1.165) is 38.3 Å². The van der Waals surface area contributed by atoms with E-state index in [9.17, 15) is 0 Å². The average molecular weight is 252 g/mol. The van der Waals surface area contributed by atoms with Crippen molar-refractivity contribution in [1.82, 2.24) is 20.3 Å². The Hall–Kier alpha value is -0.940. The molecule has 0 bridgehead atoms. The summed E-state index contributed by atoms with van der Waals surface area (Å²) in [7, 11) is 0. The van der Waals surface area contributed by atoms with Crippen LogP contribution >= 0.6 is 0 Å². The average Bonchev–Trinajstić information content (AvgIpc) is 2.64. The first-order valence-electron chi connectivity index (χ1n) is 6.78. The number of nitrogens with one attached hydrogen (secondary N) is 1. The molecule has 0 radical (unpaired) electrons. The Morgan fingerprint density at radius 3 is 2.94 bits per heavy atom. The first-order chi connectivity index (χ1) is 8.55. The largest absolute Gasteiger partial charge is 0.381 e. The zero-order valence-corrected chi connectivity index (χ0v) is 11.6. The third-order valence-electron chi connectivity index (χ3n) is 3.25. The molecule has 1 aliphatic heterocycles. The number of hydrogen-bond acceptors (Lipinski definition) is 4. The molecule has 1 fully saturated rings. The smallest absolute Gasteiger partial charge is 0.0965 e. The molecule has 0 amide bonds. The summed E-state index contributed by atoms with van der Waals surface area (Å²) in [5, 5.41) is 11.9. The molecule has 0 aliphatic carbocycles. The molecule has 0 saturated carbocycles. The molecule has 5 heteroatoms. The van der Waals surface area contributed by atoms with Gasteiger partial charge < -0.3 is 10.1 Å². The molecular weight excluding hydrogens is 228 g/mol. The molecule has 0 aromatic carbocycles. The van der Waals surface area contributed by atoms with Gasteiger partial charge in [-0.1, -0.05) is 5.21 Å². The van der Waals surface area contributed by atoms with Gasteiger partial charge in [0.2, 0.25) is 0 Å². The van der Waals surface area contributed by atoms with Crippen LogP contribution in [0, 0.1) is 0 Å². The predicted octanol–water partition coefficient (Wildman–Crippen LogP) is 1.69. The van der Waals surface area contributed by atoms with Crippen molar-refractivity contribution in [3.05, 3.63) is 11.9 Å². The Bertz CT molecular complexity index is 361. The van der Waals surface area contributed by atoms with Crippen molar-refractivity contribution in [3.8, 4) is 0 Å². The number of ether oxygens (including phenoxy) is 1. The van der Waals surface area contributed by atoms with Gasteiger partial charge in [0.15, 0.2) is 0 Å². The normalized spacial score (nSPS) is 21.8. The van der Waals surface area contributed by atoms with E-state index in [1.54, 1.807) is 0 Å². The fraction of sp³-hybridized carbons (Fsp3) is 0.846. The van der Waals surface area contributed by atoms with Crippen LogP contribution in [0.4, 0.5) is 0 Å². The van der Waals surface area contributed by atoms with Crippen LogP contribution in [0.5, 0.6) is 0 Å². The summed E-state index contributed by atoms with van der Waals surface area (Å²) in [6, 6.07) is 0.548. The lowest BCUT2D eigenvalue weighted by atomic mass is 10.1. The van der Waals surface area contributed by atoms with Crippen LogP contribution in [-0.4, -0.2) is 34.2 Å². The van der Waals surface area contributed by atoms with Gasteiger partial charge in [0, 0.05) is 25.8 Å². The summed E-state index contributed by atoms with van der Waals surface area (Å²) in [5.74, 6) is 0. The standard InChI is InChI=1S/C13H24N4O/c1-13(2,3)17-10-12(15-16-17)9-14-11-5-4-7-18-8-6-11/h10-11,14H,4-9H2,1-3H3/t11-/m0/s1. The molecule has 2 heterocycles. The maximum absolute atomic E-state index is 5.45. The summed E-state index contributed by atoms with van der Waals surface area (Å²) in [6.45, 7) is 8.94. The van der Waals surface area contributed by atoms with E-state index in [1.165, 1.54) is 6.42 Å². The molecule has 1 N–H and O–H groups in total. The van der Waals surface area contributed by atoms with Gasteiger partial charge in [0.05, 0.1) is 17.4 Å². The molecule has 2 rings (SSSR count). The first kappa shape index (κ1) is 13.5. The molecule has 18 heavy (non-hydrogen) atoms. The molecule has 5 nitrogen and oxygen atoms in total. The van der Waals surface area contributed by atoms with Crippen molar-refractivity contribution in [1.29, 1.82) is 0 Å². The second-order valence-corrected chi connectivity index (χ2v) is 5.95. The fourth-order valence-corrected chi connectivity index (χ4v) is 2.06. The molecule has 1 aromatic heterocycles. The lowest BCUT2D eigenvalue weighted by molar-refractivity contribution is 0.142. The molecule has 1 aliphatic rings. The Kier molecular flexibility index (Phi) is 4.35. The number of rotatable bonds is 3. The summed E-state index contributed by atoms with van der Waals surface area (Å²) in [5.41, 5.74) is 1.01. The van der Waals surface area contributed by atoms with E-state index in [2.05, 4.69) is 36.4 Å². The van der Waals surface area contributed by atoms with Gasteiger partial charge in [-0.05, 0) is 40.0 Å². The van der Waals surface area contributed by atoms with E-state index >= 15 is 0 Å². The van der Waals surface area contributed by atoms with Crippen LogP contribution in [0.3, 0.4) is 0 Å². The Morgan fingerprint density at radius 1 is 1.39 bits per heavy atom. The van der Waals surface area contributed by atoms with Gasteiger partial charge in [-0.25, -0.2) is 4.68 Å². The number of hydrogen-bond donors (Lipinski definition) is 1. The minimum absolute atomic E-state index is 0.00140. The number of aromatic nitrogens is 3. The second kappa shape index (κ2) is 5.80. The van der Waals surface area contributed by atoms with Crippen LogP contribution < -0.4 is 5.32 Å². The molecule has 0 unspecified atom stereocenters. The van der Waals surface area contributed by atoms with Crippen LogP contribution in [-0.2, 0) is 16.8 Å². The highest BCUT2D eigenvalue weighted by molar-refractivity contribution is 4.94. The Balaban J connectivity index is 1.84. The lowest BCUT2D eigenvalue weighted by Crippen LogP contribution is -2.29. The summed E-state index contributed by atoms with van der Waals surface area (Å²) >= 11 is 0. The van der Waals surface area contributed by atoms with Gasteiger partial charge in [-0.2, -0.15) is 0 Å². The van der Waals surface area contributed by atoms with Gasteiger partial charge in [-0.15, -0.1) is 5.10 Å². The van der Waals surface area contributed by atoms with E-state index in [4.69, 9.17) is 4.74 Å². The molecule has 102 valence electrons. The summed E-state index contributed by atoms with van der Waals surface area (Å²) < 4.78 is 7.37. The van der Waals surface area contributed by atoms with Crippen LogP contribution in [0.15, 0.2) is 6.20 Å². The maximum Gasteiger partial charge on any atom is 0.0965 e. The van der Waals surface area contributed by atoms with Crippen LogP contribution in [0.1, 0.15) is 45.7 Å². The van der Waals surface area contributed by atoms with Gasteiger partial charge in [0.1, 0.15) is 0 Å². The third-order valence-corrected chi connectivity index (χ3v) is 3.25. The van der Waals surface area contributed by atoms with Gasteiger partial charge in [0.25, 0.3) is 0 Å². The number of nitrogens with zero attached hydrogens (tertiary/aromatic N) is 3.